The van der Waals surface area contributed by atoms with Crippen molar-refractivity contribution in [1.29, 1.82) is 0 Å². The molecule has 2 atom stereocenters. The van der Waals surface area contributed by atoms with Gasteiger partial charge in [-0.3, -0.25) is 9.59 Å². The summed E-state index contributed by atoms with van der Waals surface area (Å²) in [4.78, 5) is 23.0. The molecule has 0 spiro atoms. The molecule has 1 aliphatic carbocycles. The average Bonchev–Trinajstić information content (AvgIpc) is 2.16. The van der Waals surface area contributed by atoms with E-state index in [1.807, 2.05) is 18.2 Å². The normalized spacial score (nSPS) is 24.3. The Balaban J connectivity index is 2.13. The summed E-state index contributed by atoms with van der Waals surface area (Å²) in [5.41, 5.74) is 0.696. The summed E-state index contributed by atoms with van der Waals surface area (Å²) < 4.78 is 0. The Morgan fingerprint density at radius 1 is 1.07 bits per heavy atom. The van der Waals surface area contributed by atoms with Crippen molar-refractivity contribution in [1.82, 2.24) is 0 Å². The Bertz CT molecular complexity index is 386. The van der Waals surface area contributed by atoms with Crippen LogP contribution in [0.5, 0.6) is 0 Å². The summed E-state index contributed by atoms with van der Waals surface area (Å²) in [7, 11) is 0. The van der Waals surface area contributed by atoms with Gasteiger partial charge in [0, 0.05) is 17.4 Å². The first-order valence-electron chi connectivity index (χ1n) is 5.02. The van der Waals surface area contributed by atoms with E-state index in [9.17, 15) is 9.59 Å². The molecule has 0 aliphatic heterocycles. The molecule has 0 saturated heterocycles. The van der Waals surface area contributed by atoms with Gasteiger partial charge in [0.15, 0.2) is 10.9 Å². The fourth-order valence-corrected chi connectivity index (χ4v) is 2.23. The minimum Gasteiger partial charge on any atom is -0.294 e. The number of carbonyl (C=O) groups is 2. The molecule has 78 valence electrons. The van der Waals surface area contributed by atoms with Crippen LogP contribution < -0.4 is 0 Å². The van der Waals surface area contributed by atoms with Crippen LogP contribution in [-0.4, -0.2) is 10.9 Å². The zero-order valence-corrected chi connectivity index (χ0v) is 9.11. The Hall–Kier alpha value is -1.09. The third-order valence-corrected chi connectivity index (χ3v) is 3.32. The van der Waals surface area contributed by atoms with Crippen LogP contribution in [0.25, 0.3) is 0 Å². The molecule has 1 saturated carbocycles. The first kappa shape index (κ1) is 10.4. The second-order valence-electron chi connectivity index (χ2n) is 3.86. The highest BCUT2D eigenvalue weighted by atomic mass is 32.1. The Labute approximate surface area is 94.1 Å². The quantitative estimate of drug-likeness (QED) is 0.626. The van der Waals surface area contributed by atoms with Crippen LogP contribution in [0.3, 0.4) is 0 Å². The maximum atomic E-state index is 12.0. The van der Waals surface area contributed by atoms with Crippen molar-refractivity contribution in [2.45, 2.75) is 12.8 Å². The highest BCUT2D eigenvalue weighted by molar-refractivity contribution is 7.96. The summed E-state index contributed by atoms with van der Waals surface area (Å²) in [5, 5.41) is -0.157. The maximum absolute atomic E-state index is 12.0. The van der Waals surface area contributed by atoms with Gasteiger partial charge in [0.25, 0.3) is 0 Å². The molecule has 0 aromatic heterocycles. The molecule has 2 unspecified atom stereocenters. The Kier molecular flexibility index (Phi) is 2.91. The van der Waals surface area contributed by atoms with Crippen LogP contribution in [-0.2, 0) is 4.79 Å². The van der Waals surface area contributed by atoms with E-state index in [-0.39, 0.29) is 22.7 Å². The molecule has 2 nitrogen and oxygen atoms in total. The summed E-state index contributed by atoms with van der Waals surface area (Å²) in [6.07, 6.45) is 1.61. The van der Waals surface area contributed by atoms with Crippen molar-refractivity contribution in [2.75, 3.05) is 0 Å². The molecular formula is C12H12O2S. The van der Waals surface area contributed by atoms with Gasteiger partial charge < -0.3 is 0 Å². The lowest BCUT2D eigenvalue weighted by molar-refractivity contribution is -0.118. The molecule has 0 radical (unpaired) electrons. The standard InChI is InChI=1S/C12H12O2S/c13-11(8-4-2-1-3-5-8)9-6-7-10(9)12(14)15/h1-5,9-10H,6-7H2,(H,14,15). The van der Waals surface area contributed by atoms with Gasteiger partial charge in [0.05, 0.1) is 0 Å². The lowest BCUT2D eigenvalue weighted by atomic mass is 9.70. The molecule has 1 aliphatic rings. The molecule has 3 heteroatoms. The molecule has 1 aromatic carbocycles. The van der Waals surface area contributed by atoms with Gasteiger partial charge in [-0.25, -0.2) is 0 Å². The Morgan fingerprint density at radius 3 is 2.13 bits per heavy atom. The lowest BCUT2D eigenvalue weighted by Crippen LogP contribution is -2.36. The van der Waals surface area contributed by atoms with Crippen molar-refractivity contribution < 1.29 is 9.59 Å². The topological polar surface area (TPSA) is 34.1 Å². The lowest BCUT2D eigenvalue weighted by Gasteiger charge is -2.32. The van der Waals surface area contributed by atoms with Gasteiger partial charge in [-0.05, 0) is 12.8 Å². The van der Waals surface area contributed by atoms with Crippen molar-refractivity contribution in [3.63, 3.8) is 0 Å². The largest absolute Gasteiger partial charge is 0.294 e. The summed E-state index contributed by atoms with van der Waals surface area (Å²) in [5.74, 6) is -0.229. The van der Waals surface area contributed by atoms with E-state index in [0.29, 0.717) is 5.56 Å². The molecule has 0 amide bonds. The third kappa shape index (κ3) is 1.97. The molecule has 0 bridgehead atoms. The third-order valence-electron chi connectivity index (χ3n) is 2.99. The molecule has 0 N–H and O–H groups in total. The van der Waals surface area contributed by atoms with Gasteiger partial charge >= 0.3 is 0 Å². The smallest absolute Gasteiger partial charge is 0.189 e. The van der Waals surface area contributed by atoms with Gasteiger partial charge in [0.2, 0.25) is 0 Å². The van der Waals surface area contributed by atoms with Crippen molar-refractivity contribution in [3.05, 3.63) is 35.9 Å². The number of thiol groups is 1. The van der Waals surface area contributed by atoms with E-state index in [1.54, 1.807) is 12.1 Å². The number of hydrogen-bond donors (Lipinski definition) is 1. The van der Waals surface area contributed by atoms with Crippen LogP contribution in [0, 0.1) is 11.8 Å². The molecule has 0 heterocycles. The zero-order valence-electron chi connectivity index (χ0n) is 8.22. The van der Waals surface area contributed by atoms with E-state index < -0.39 is 0 Å². The molecule has 1 fully saturated rings. The van der Waals surface area contributed by atoms with Crippen molar-refractivity contribution >= 4 is 23.5 Å². The van der Waals surface area contributed by atoms with E-state index in [4.69, 9.17) is 0 Å². The summed E-state index contributed by atoms with van der Waals surface area (Å²) >= 11 is 3.80. The minimum absolute atomic E-state index is 0.0780. The van der Waals surface area contributed by atoms with E-state index in [2.05, 4.69) is 12.6 Å². The van der Waals surface area contributed by atoms with E-state index in [0.717, 1.165) is 12.8 Å². The molecule has 2 rings (SSSR count). The SMILES string of the molecule is O=C(S)C1CCC1C(=O)c1ccccc1. The summed E-state index contributed by atoms with van der Waals surface area (Å²) in [6.45, 7) is 0. The highest BCUT2D eigenvalue weighted by Gasteiger charge is 2.39. The fraction of sp³-hybridized carbons (Fsp3) is 0.333. The van der Waals surface area contributed by atoms with Gasteiger partial charge in [-0.2, -0.15) is 0 Å². The van der Waals surface area contributed by atoms with Crippen LogP contribution in [0.15, 0.2) is 30.3 Å². The second-order valence-corrected chi connectivity index (χ2v) is 4.30. The van der Waals surface area contributed by atoms with Crippen LogP contribution >= 0.6 is 12.6 Å². The number of ketones is 1. The van der Waals surface area contributed by atoms with E-state index in [1.165, 1.54) is 0 Å². The van der Waals surface area contributed by atoms with Crippen LogP contribution in [0.2, 0.25) is 0 Å². The predicted octanol–water partition coefficient (Wildman–Crippen LogP) is 2.35. The minimum atomic E-state index is -0.166. The van der Waals surface area contributed by atoms with Crippen molar-refractivity contribution in [3.8, 4) is 0 Å². The zero-order chi connectivity index (χ0) is 10.8. The Morgan fingerprint density at radius 2 is 1.67 bits per heavy atom. The van der Waals surface area contributed by atoms with Gasteiger partial charge in [-0.15, -0.1) is 12.6 Å². The number of rotatable bonds is 3. The number of carbonyl (C=O) groups excluding carboxylic acids is 2. The second kappa shape index (κ2) is 4.19. The monoisotopic (exact) mass is 220 g/mol. The predicted molar refractivity (Wildman–Crippen MR) is 61.0 cm³/mol. The highest BCUT2D eigenvalue weighted by Crippen LogP contribution is 2.38. The maximum Gasteiger partial charge on any atom is 0.189 e. The van der Waals surface area contributed by atoms with E-state index >= 15 is 0 Å². The summed E-state index contributed by atoms with van der Waals surface area (Å²) in [6, 6.07) is 9.13. The van der Waals surface area contributed by atoms with Gasteiger partial charge in [-0.1, -0.05) is 30.3 Å². The molecule has 1 aromatic rings. The fourth-order valence-electron chi connectivity index (χ4n) is 1.93. The number of hydrogen-bond acceptors (Lipinski definition) is 2. The molecule has 15 heavy (non-hydrogen) atoms. The number of benzene rings is 1. The first-order valence-corrected chi connectivity index (χ1v) is 5.47. The van der Waals surface area contributed by atoms with Crippen LogP contribution in [0.1, 0.15) is 23.2 Å². The molecular weight excluding hydrogens is 208 g/mol. The van der Waals surface area contributed by atoms with Crippen molar-refractivity contribution in [2.24, 2.45) is 11.8 Å². The van der Waals surface area contributed by atoms with Gasteiger partial charge in [0.1, 0.15) is 0 Å². The average molecular weight is 220 g/mol. The van der Waals surface area contributed by atoms with Crippen LogP contribution in [0.4, 0.5) is 0 Å². The first-order chi connectivity index (χ1) is 7.20. The number of Topliss-reactive ketones (excluding diaryl/α,β-unsaturated/α-hetero) is 1.